The minimum atomic E-state index is -0.991. The van der Waals surface area contributed by atoms with E-state index in [0.717, 1.165) is 74.1 Å². The molecular formula is C49H54N10O5. The number of anilines is 2. The first-order chi connectivity index (χ1) is 31.2. The number of aromatic nitrogens is 6. The number of benzene rings is 2. The fraction of sp³-hybridized carbons (Fsp3) is 0.449. The van der Waals surface area contributed by atoms with Crippen molar-refractivity contribution in [1.29, 1.82) is 0 Å². The number of piperidine rings is 1. The molecule has 330 valence electrons. The third-order valence-corrected chi connectivity index (χ3v) is 15.0. The molecule has 6 aromatic rings. The van der Waals surface area contributed by atoms with Crippen molar-refractivity contribution in [1.82, 2.24) is 44.6 Å². The van der Waals surface area contributed by atoms with Crippen molar-refractivity contribution < 1.29 is 19.2 Å². The molecule has 2 fully saturated rings. The lowest BCUT2D eigenvalue weighted by Gasteiger charge is -2.42. The molecule has 1 saturated carbocycles. The number of carbonyl (C=O) groups excluding carboxylic acids is 2. The predicted molar refractivity (Wildman–Crippen MR) is 242 cm³/mol. The minimum absolute atomic E-state index is 0.227. The number of hydrogen-bond donors (Lipinski definition) is 3. The fourth-order valence-electron chi connectivity index (χ4n) is 11.3. The molecule has 1 saturated heterocycles. The number of carbonyl (C=O) groups is 2. The number of nitrogens with one attached hydrogen (secondary N) is 2. The van der Waals surface area contributed by atoms with Crippen LogP contribution >= 0.6 is 0 Å². The third-order valence-electron chi connectivity index (χ3n) is 15.0. The van der Waals surface area contributed by atoms with Crippen LogP contribution in [-0.4, -0.2) is 87.9 Å². The van der Waals surface area contributed by atoms with Crippen molar-refractivity contribution in [3.63, 3.8) is 0 Å². The second-order valence-corrected chi connectivity index (χ2v) is 18.5. The summed E-state index contributed by atoms with van der Waals surface area (Å²) < 4.78 is 9.23. The van der Waals surface area contributed by atoms with Crippen LogP contribution in [0.25, 0.3) is 27.8 Å². The number of amides is 2. The van der Waals surface area contributed by atoms with E-state index >= 15 is 0 Å². The second-order valence-electron chi connectivity index (χ2n) is 18.5. The van der Waals surface area contributed by atoms with Gasteiger partial charge in [0.2, 0.25) is 17.8 Å². The van der Waals surface area contributed by atoms with E-state index in [1.807, 2.05) is 19.1 Å². The van der Waals surface area contributed by atoms with Gasteiger partial charge in [0, 0.05) is 67.5 Å². The molecule has 0 bridgehead atoms. The maximum Gasteiger partial charge on any atom is 0.278 e. The van der Waals surface area contributed by atoms with Crippen LogP contribution in [0.3, 0.4) is 0 Å². The van der Waals surface area contributed by atoms with Gasteiger partial charge in [-0.3, -0.25) is 29.5 Å². The van der Waals surface area contributed by atoms with Crippen LogP contribution < -0.4 is 16.2 Å². The molecule has 2 amide bonds. The lowest BCUT2D eigenvalue weighted by atomic mass is 9.87. The molecule has 11 rings (SSSR count). The second kappa shape index (κ2) is 16.2. The van der Waals surface area contributed by atoms with Gasteiger partial charge < -0.3 is 14.9 Å². The zero-order valence-corrected chi connectivity index (χ0v) is 36.3. The summed E-state index contributed by atoms with van der Waals surface area (Å²) in [4.78, 5) is 57.8. The molecule has 2 atom stereocenters. The molecule has 4 aromatic heterocycles. The molecule has 0 spiro atoms. The summed E-state index contributed by atoms with van der Waals surface area (Å²) in [7, 11) is 0. The Labute approximate surface area is 370 Å². The highest BCUT2D eigenvalue weighted by atomic mass is 16.5. The lowest BCUT2D eigenvalue weighted by molar-refractivity contribution is -0.134. The van der Waals surface area contributed by atoms with Crippen LogP contribution in [0.5, 0.6) is 0 Å². The topological polar surface area (TPSA) is 177 Å². The summed E-state index contributed by atoms with van der Waals surface area (Å²) in [5.74, 6) is -0.0727. The Bertz CT molecular complexity index is 2910. The fourth-order valence-corrected chi connectivity index (χ4v) is 11.3. The molecular weight excluding hydrogens is 809 g/mol. The zero-order valence-electron chi connectivity index (χ0n) is 36.3. The Morgan fingerprint density at radius 2 is 1.64 bits per heavy atom. The maximum absolute atomic E-state index is 13.6. The van der Waals surface area contributed by atoms with E-state index < -0.39 is 11.5 Å². The van der Waals surface area contributed by atoms with E-state index in [0.29, 0.717) is 72.0 Å². The molecule has 7 heterocycles. The SMILES string of the molecule is C=CCn1c(=O)c2cnc(Nc3ccc4c(c3)CCN([C@H]3CC[C@H](N5CCc6ccc7c(C8CCC(=O)NC8=O)noc7c6CC5)CC3)C4)nc2n1-c1ccc2c(n1)[C@@](O)(CC)CC2. The molecule has 1 unspecified atom stereocenters. The molecule has 3 aliphatic heterocycles. The molecule has 3 N–H and O–H groups in total. The number of imide groups is 1. The summed E-state index contributed by atoms with van der Waals surface area (Å²) in [5.41, 5.74) is 8.43. The largest absolute Gasteiger partial charge is 0.384 e. The van der Waals surface area contributed by atoms with E-state index in [9.17, 15) is 19.5 Å². The standard InChI is InChI=1S/C49H54N10O5/c1-3-22-58-47(62)39-27-50-48(54-45(39)59(58)40-15-7-30-17-21-49(63,4-2)44(30)52-40)51-33-8-5-32-28-57(24-19-31(32)26-33)35-11-9-34(10-12-35)56-23-18-29-6-13-37-42(38-14-16-41(60)53-46(38)61)55-64-43(37)36(29)20-25-56/h3,5-8,13,15,26-27,34-35,38,63H,1,4,9-12,14,16-25,28H2,2H3,(H,50,51,54)(H,53,60,61)/t34-,35-,38?,49-/m1/s1. The van der Waals surface area contributed by atoms with Gasteiger partial charge in [-0.1, -0.05) is 36.4 Å². The average molecular weight is 863 g/mol. The minimum Gasteiger partial charge on any atom is -0.384 e. The van der Waals surface area contributed by atoms with Crippen LogP contribution in [0.2, 0.25) is 0 Å². The van der Waals surface area contributed by atoms with Gasteiger partial charge in [-0.2, -0.15) is 4.98 Å². The van der Waals surface area contributed by atoms with Gasteiger partial charge >= 0.3 is 0 Å². The van der Waals surface area contributed by atoms with Gasteiger partial charge in [-0.15, -0.1) is 6.58 Å². The number of pyridine rings is 1. The van der Waals surface area contributed by atoms with Gasteiger partial charge in [-0.25, -0.2) is 19.3 Å². The monoisotopic (exact) mass is 862 g/mol. The Kier molecular flexibility index (Phi) is 10.3. The lowest BCUT2D eigenvalue weighted by Crippen LogP contribution is -2.46. The molecule has 64 heavy (non-hydrogen) atoms. The van der Waals surface area contributed by atoms with E-state index in [-0.39, 0.29) is 23.9 Å². The van der Waals surface area contributed by atoms with E-state index in [2.05, 4.69) is 67.5 Å². The first kappa shape index (κ1) is 40.7. The number of aryl methyl sites for hydroxylation is 1. The Morgan fingerprint density at radius 3 is 2.45 bits per heavy atom. The molecule has 2 aromatic carbocycles. The number of nitrogens with zero attached hydrogens (tertiary/aromatic N) is 8. The van der Waals surface area contributed by atoms with Crippen molar-refractivity contribution in [3.05, 3.63) is 111 Å². The smallest absolute Gasteiger partial charge is 0.278 e. The summed E-state index contributed by atoms with van der Waals surface area (Å²) in [5, 5.41) is 22.9. The third kappa shape index (κ3) is 7.04. The Hall–Kier alpha value is -6.03. The van der Waals surface area contributed by atoms with Crippen LogP contribution in [-0.2, 0) is 54.0 Å². The van der Waals surface area contributed by atoms with Crippen molar-refractivity contribution in [2.24, 2.45) is 0 Å². The van der Waals surface area contributed by atoms with Gasteiger partial charge in [0.1, 0.15) is 16.7 Å². The van der Waals surface area contributed by atoms with Crippen LogP contribution in [0.4, 0.5) is 11.6 Å². The molecule has 15 heteroatoms. The number of aliphatic hydroxyl groups is 1. The van der Waals surface area contributed by atoms with Crippen LogP contribution in [0, 0.1) is 0 Å². The number of rotatable bonds is 9. The Balaban J connectivity index is 0.736. The first-order valence-corrected chi connectivity index (χ1v) is 23.1. The van der Waals surface area contributed by atoms with E-state index in [1.54, 1.807) is 21.6 Å². The first-order valence-electron chi connectivity index (χ1n) is 23.1. The highest BCUT2D eigenvalue weighted by molar-refractivity contribution is 6.02. The number of fused-ring (bicyclic) bond motifs is 6. The number of allylic oxidation sites excluding steroid dienone is 1. The zero-order chi connectivity index (χ0) is 43.7. The molecule has 0 radical (unpaired) electrons. The van der Waals surface area contributed by atoms with E-state index in [4.69, 9.17) is 14.5 Å². The van der Waals surface area contributed by atoms with Crippen LogP contribution in [0.15, 0.2) is 70.6 Å². The molecule has 15 nitrogen and oxygen atoms in total. The van der Waals surface area contributed by atoms with Gasteiger partial charge in [0.25, 0.3) is 5.56 Å². The highest BCUT2D eigenvalue weighted by Gasteiger charge is 2.38. The van der Waals surface area contributed by atoms with Gasteiger partial charge in [-0.05, 0) is 117 Å². The Morgan fingerprint density at radius 1 is 0.875 bits per heavy atom. The average Bonchev–Trinajstić information content (AvgIpc) is 3.91. The summed E-state index contributed by atoms with van der Waals surface area (Å²) in [6.07, 6.45) is 13.5. The quantitative estimate of drug-likeness (QED) is 0.116. The van der Waals surface area contributed by atoms with Crippen molar-refractivity contribution >= 4 is 45.5 Å². The highest BCUT2D eigenvalue weighted by Crippen LogP contribution is 2.39. The summed E-state index contributed by atoms with van der Waals surface area (Å²) in [6.45, 7) is 10.1. The predicted octanol–water partition coefficient (Wildman–Crippen LogP) is 5.88. The van der Waals surface area contributed by atoms with Crippen LogP contribution in [0.1, 0.15) is 103 Å². The summed E-state index contributed by atoms with van der Waals surface area (Å²) in [6, 6.07) is 15.8. The number of hydrogen-bond acceptors (Lipinski definition) is 12. The molecule has 5 aliphatic rings. The summed E-state index contributed by atoms with van der Waals surface area (Å²) >= 11 is 0. The molecule has 2 aliphatic carbocycles. The van der Waals surface area contributed by atoms with Crippen molar-refractivity contribution in [2.75, 3.05) is 25.0 Å². The normalized spacial score (nSPS) is 24.0. The van der Waals surface area contributed by atoms with Gasteiger partial charge in [0.05, 0.1) is 18.2 Å². The van der Waals surface area contributed by atoms with E-state index in [1.165, 1.54) is 47.9 Å². The van der Waals surface area contributed by atoms with Crippen molar-refractivity contribution in [3.8, 4) is 5.82 Å². The van der Waals surface area contributed by atoms with Crippen molar-refractivity contribution in [2.45, 2.75) is 121 Å². The maximum atomic E-state index is 13.6. The van der Waals surface area contributed by atoms with Gasteiger partial charge in [0.15, 0.2) is 17.0 Å².